The van der Waals surface area contributed by atoms with Gasteiger partial charge < -0.3 is 20.0 Å². The molecule has 2 aliphatic rings. The van der Waals surface area contributed by atoms with Crippen LogP contribution in [-0.2, 0) is 0 Å². The third-order valence-corrected chi connectivity index (χ3v) is 5.29. The number of benzene rings is 1. The second kappa shape index (κ2) is 11.0. The molecule has 0 aliphatic carbocycles. The Bertz CT molecular complexity index is 536. The highest BCUT2D eigenvalue weighted by molar-refractivity contribution is 14.0. The summed E-state index contributed by atoms with van der Waals surface area (Å²) in [4.78, 5) is 12.0. The number of guanidine groups is 1. The minimum absolute atomic E-state index is 0. The third kappa shape index (κ3) is 6.01. The summed E-state index contributed by atoms with van der Waals surface area (Å²) in [7, 11) is 1.90. The van der Waals surface area contributed by atoms with Crippen LogP contribution >= 0.6 is 24.0 Å². The van der Waals surface area contributed by atoms with E-state index < -0.39 is 0 Å². The average molecular weight is 471 g/mol. The van der Waals surface area contributed by atoms with Crippen LogP contribution in [0.2, 0.25) is 0 Å². The van der Waals surface area contributed by atoms with Crippen molar-refractivity contribution < 1.29 is 0 Å². The summed E-state index contributed by atoms with van der Waals surface area (Å²) in [5.41, 5.74) is 1.32. The first-order valence-electron chi connectivity index (χ1n) is 9.74. The standard InChI is InChI=1S/C20H33N5.HI/c1-18(17-23-10-6-7-11-23)16-22-20(21-2)25-14-12-24(13-15-25)19-8-4-3-5-9-19;/h3-5,8-9,18H,6-7,10-17H2,1-2H3,(H,21,22);1H. The molecular weight excluding hydrogens is 437 g/mol. The maximum Gasteiger partial charge on any atom is 0.193 e. The third-order valence-electron chi connectivity index (χ3n) is 5.29. The van der Waals surface area contributed by atoms with E-state index >= 15 is 0 Å². The minimum atomic E-state index is 0. The molecular formula is C20H34IN5. The Hall–Kier alpha value is -1.02. The monoisotopic (exact) mass is 471 g/mol. The zero-order valence-electron chi connectivity index (χ0n) is 16.2. The zero-order valence-corrected chi connectivity index (χ0v) is 18.6. The Labute approximate surface area is 175 Å². The molecule has 5 nitrogen and oxygen atoms in total. The van der Waals surface area contributed by atoms with Crippen molar-refractivity contribution in [2.45, 2.75) is 19.8 Å². The minimum Gasteiger partial charge on any atom is -0.368 e. The van der Waals surface area contributed by atoms with Gasteiger partial charge in [0.05, 0.1) is 0 Å². The lowest BCUT2D eigenvalue weighted by Crippen LogP contribution is -2.53. The Balaban J connectivity index is 0.00000243. The summed E-state index contributed by atoms with van der Waals surface area (Å²) < 4.78 is 0. The van der Waals surface area contributed by atoms with Crippen molar-refractivity contribution in [1.29, 1.82) is 0 Å². The number of halogens is 1. The molecule has 6 heteroatoms. The van der Waals surface area contributed by atoms with Gasteiger partial charge in [-0.25, -0.2) is 0 Å². The molecule has 1 unspecified atom stereocenters. The molecule has 1 aromatic rings. The topological polar surface area (TPSA) is 34.1 Å². The molecule has 3 rings (SSSR count). The SMILES string of the molecule is CN=C(NCC(C)CN1CCCC1)N1CCN(c2ccccc2)CC1.I. The van der Waals surface area contributed by atoms with Crippen LogP contribution in [0.3, 0.4) is 0 Å². The van der Waals surface area contributed by atoms with E-state index in [-0.39, 0.29) is 24.0 Å². The number of aliphatic imine (C=N–C) groups is 1. The number of hydrogen-bond donors (Lipinski definition) is 1. The fraction of sp³-hybridized carbons (Fsp3) is 0.650. The maximum atomic E-state index is 4.51. The van der Waals surface area contributed by atoms with E-state index in [1.54, 1.807) is 0 Å². The van der Waals surface area contributed by atoms with Gasteiger partial charge in [0.25, 0.3) is 0 Å². The van der Waals surface area contributed by atoms with Gasteiger partial charge in [0.2, 0.25) is 0 Å². The van der Waals surface area contributed by atoms with Crippen LogP contribution in [0.5, 0.6) is 0 Å². The molecule has 146 valence electrons. The molecule has 0 bridgehead atoms. The van der Waals surface area contributed by atoms with Crippen LogP contribution in [0.4, 0.5) is 5.69 Å². The molecule has 0 saturated carbocycles. The first-order valence-corrected chi connectivity index (χ1v) is 9.74. The molecule has 0 amide bonds. The lowest BCUT2D eigenvalue weighted by molar-refractivity contribution is 0.285. The molecule has 0 radical (unpaired) electrons. The van der Waals surface area contributed by atoms with Gasteiger partial charge in [-0.3, -0.25) is 4.99 Å². The smallest absolute Gasteiger partial charge is 0.193 e. The summed E-state index contributed by atoms with van der Waals surface area (Å²) in [6, 6.07) is 10.7. The number of nitrogens with zero attached hydrogens (tertiary/aromatic N) is 4. The van der Waals surface area contributed by atoms with E-state index in [1.165, 1.54) is 38.2 Å². The summed E-state index contributed by atoms with van der Waals surface area (Å²) in [6.07, 6.45) is 2.74. The quantitative estimate of drug-likeness (QED) is 0.407. The van der Waals surface area contributed by atoms with E-state index in [0.717, 1.165) is 38.7 Å². The van der Waals surface area contributed by atoms with Crippen LogP contribution in [-0.4, -0.2) is 75.2 Å². The van der Waals surface area contributed by atoms with Crippen molar-refractivity contribution in [2.24, 2.45) is 10.9 Å². The van der Waals surface area contributed by atoms with Crippen LogP contribution in [0, 0.1) is 5.92 Å². The van der Waals surface area contributed by atoms with Gasteiger partial charge in [-0.1, -0.05) is 25.1 Å². The van der Waals surface area contributed by atoms with Crippen molar-refractivity contribution in [3.63, 3.8) is 0 Å². The van der Waals surface area contributed by atoms with E-state index in [1.807, 2.05) is 7.05 Å². The largest absolute Gasteiger partial charge is 0.368 e. The second-order valence-electron chi connectivity index (χ2n) is 7.35. The lowest BCUT2D eigenvalue weighted by atomic mass is 10.1. The average Bonchev–Trinajstić information content (AvgIpc) is 3.16. The van der Waals surface area contributed by atoms with Gasteiger partial charge >= 0.3 is 0 Å². The Morgan fingerprint density at radius 2 is 1.69 bits per heavy atom. The predicted molar refractivity (Wildman–Crippen MR) is 122 cm³/mol. The van der Waals surface area contributed by atoms with E-state index in [0.29, 0.717) is 5.92 Å². The normalized spacial score (nSPS) is 20.0. The van der Waals surface area contributed by atoms with Crippen LogP contribution in [0.25, 0.3) is 0 Å². The molecule has 2 saturated heterocycles. The van der Waals surface area contributed by atoms with Gasteiger partial charge in [0.15, 0.2) is 5.96 Å². The number of nitrogens with one attached hydrogen (secondary N) is 1. The van der Waals surface area contributed by atoms with Crippen LogP contribution in [0.15, 0.2) is 35.3 Å². The van der Waals surface area contributed by atoms with Gasteiger partial charge in [-0.2, -0.15) is 0 Å². The van der Waals surface area contributed by atoms with Crippen molar-refractivity contribution >= 4 is 35.6 Å². The second-order valence-corrected chi connectivity index (χ2v) is 7.35. The first kappa shape index (κ1) is 21.3. The van der Waals surface area contributed by atoms with E-state index in [9.17, 15) is 0 Å². The Morgan fingerprint density at radius 3 is 2.31 bits per heavy atom. The predicted octanol–water partition coefficient (Wildman–Crippen LogP) is 2.73. The van der Waals surface area contributed by atoms with Gasteiger partial charge in [0.1, 0.15) is 0 Å². The van der Waals surface area contributed by atoms with E-state index in [2.05, 4.69) is 62.3 Å². The fourth-order valence-electron chi connectivity index (χ4n) is 3.88. The fourth-order valence-corrected chi connectivity index (χ4v) is 3.88. The summed E-state index contributed by atoms with van der Waals surface area (Å²) >= 11 is 0. The summed E-state index contributed by atoms with van der Waals surface area (Å²) in [5.74, 6) is 1.71. The molecule has 1 N–H and O–H groups in total. The molecule has 1 aromatic carbocycles. The van der Waals surface area contributed by atoms with Crippen molar-refractivity contribution in [2.75, 3.05) is 64.3 Å². The molecule has 2 heterocycles. The molecule has 2 aliphatic heterocycles. The highest BCUT2D eigenvalue weighted by Crippen LogP contribution is 2.15. The van der Waals surface area contributed by atoms with Gasteiger partial charge in [0, 0.05) is 52.0 Å². The number of anilines is 1. The molecule has 0 spiro atoms. The highest BCUT2D eigenvalue weighted by atomic mass is 127. The first-order chi connectivity index (χ1) is 12.3. The number of rotatable bonds is 5. The molecule has 2 fully saturated rings. The van der Waals surface area contributed by atoms with Crippen LogP contribution < -0.4 is 10.2 Å². The van der Waals surface area contributed by atoms with Crippen molar-refractivity contribution in [3.05, 3.63) is 30.3 Å². The van der Waals surface area contributed by atoms with Crippen molar-refractivity contribution in [1.82, 2.24) is 15.1 Å². The molecule has 0 aromatic heterocycles. The zero-order chi connectivity index (χ0) is 17.5. The highest BCUT2D eigenvalue weighted by Gasteiger charge is 2.20. The summed E-state index contributed by atoms with van der Waals surface area (Å²) in [6.45, 7) is 11.2. The number of hydrogen-bond acceptors (Lipinski definition) is 3. The Kier molecular flexibility index (Phi) is 8.98. The Morgan fingerprint density at radius 1 is 1.04 bits per heavy atom. The number of para-hydroxylation sites is 1. The van der Waals surface area contributed by atoms with Crippen molar-refractivity contribution in [3.8, 4) is 0 Å². The van der Waals surface area contributed by atoms with Crippen LogP contribution in [0.1, 0.15) is 19.8 Å². The maximum absolute atomic E-state index is 4.51. The summed E-state index contributed by atoms with van der Waals surface area (Å²) in [5, 5.41) is 3.60. The number of piperazine rings is 1. The molecule has 1 atom stereocenters. The molecule has 26 heavy (non-hydrogen) atoms. The van der Waals surface area contributed by atoms with E-state index in [4.69, 9.17) is 0 Å². The number of likely N-dealkylation sites (tertiary alicyclic amines) is 1. The lowest BCUT2D eigenvalue weighted by Gasteiger charge is -2.38. The van der Waals surface area contributed by atoms with Gasteiger partial charge in [-0.15, -0.1) is 24.0 Å². The van der Waals surface area contributed by atoms with Gasteiger partial charge in [-0.05, 0) is 44.0 Å².